The number of thiazole rings is 1. The van der Waals surface area contributed by atoms with E-state index in [1.807, 2.05) is 25.3 Å². The normalized spacial score (nSPS) is 11.1. The van der Waals surface area contributed by atoms with E-state index in [9.17, 15) is 9.18 Å². The standard InChI is InChI=1S/C20H17FN4OS/c1-13-4-3-9-22-16(13)10-24(2)19(26)18-12-27-20-23-17(11-25(18)20)14-5-7-15(21)8-6-14/h3-9,11-12H,10H2,1-2H3. The highest BCUT2D eigenvalue weighted by Gasteiger charge is 2.19. The fourth-order valence-corrected chi connectivity index (χ4v) is 3.72. The molecule has 0 bridgehead atoms. The van der Waals surface area contributed by atoms with Crippen LogP contribution < -0.4 is 0 Å². The number of benzene rings is 1. The van der Waals surface area contributed by atoms with Crippen molar-refractivity contribution < 1.29 is 9.18 Å². The molecule has 0 saturated heterocycles. The van der Waals surface area contributed by atoms with E-state index in [4.69, 9.17) is 0 Å². The highest BCUT2D eigenvalue weighted by Crippen LogP contribution is 2.24. The van der Waals surface area contributed by atoms with E-state index in [0.29, 0.717) is 17.9 Å². The Hall–Kier alpha value is -3.06. The summed E-state index contributed by atoms with van der Waals surface area (Å²) in [5.41, 5.74) is 3.99. The highest BCUT2D eigenvalue weighted by molar-refractivity contribution is 7.15. The Bertz CT molecular complexity index is 1120. The molecule has 0 aliphatic carbocycles. The molecule has 4 aromatic rings. The van der Waals surface area contributed by atoms with Gasteiger partial charge in [0.05, 0.1) is 17.9 Å². The molecular formula is C20H17FN4OS. The van der Waals surface area contributed by atoms with Crippen LogP contribution in [0.1, 0.15) is 21.7 Å². The number of aryl methyl sites for hydroxylation is 1. The minimum Gasteiger partial charge on any atom is -0.334 e. The fourth-order valence-electron chi connectivity index (χ4n) is 2.87. The van der Waals surface area contributed by atoms with Crippen molar-refractivity contribution in [2.24, 2.45) is 0 Å². The van der Waals surface area contributed by atoms with Gasteiger partial charge in [-0.3, -0.25) is 14.2 Å². The molecule has 3 aromatic heterocycles. The summed E-state index contributed by atoms with van der Waals surface area (Å²) in [5, 5.41) is 1.81. The van der Waals surface area contributed by atoms with Gasteiger partial charge in [0.1, 0.15) is 11.5 Å². The Morgan fingerprint density at radius 2 is 2.04 bits per heavy atom. The molecule has 0 radical (unpaired) electrons. The summed E-state index contributed by atoms with van der Waals surface area (Å²) in [5.74, 6) is -0.392. The molecule has 1 aromatic carbocycles. The van der Waals surface area contributed by atoms with Gasteiger partial charge in [0.2, 0.25) is 0 Å². The van der Waals surface area contributed by atoms with E-state index in [-0.39, 0.29) is 11.7 Å². The molecule has 0 fully saturated rings. The van der Waals surface area contributed by atoms with Crippen LogP contribution in [0.2, 0.25) is 0 Å². The SMILES string of the molecule is Cc1cccnc1CN(C)C(=O)c1csc2nc(-c3ccc(F)cc3)cn12. The van der Waals surface area contributed by atoms with Crippen LogP contribution in [-0.2, 0) is 6.54 Å². The smallest absolute Gasteiger partial charge is 0.271 e. The topological polar surface area (TPSA) is 50.5 Å². The number of carbonyl (C=O) groups is 1. The summed E-state index contributed by atoms with van der Waals surface area (Å²) < 4.78 is 14.9. The Labute approximate surface area is 159 Å². The maximum atomic E-state index is 13.1. The number of carbonyl (C=O) groups excluding carboxylic acids is 1. The molecule has 0 unspecified atom stereocenters. The van der Waals surface area contributed by atoms with E-state index < -0.39 is 0 Å². The quantitative estimate of drug-likeness (QED) is 0.534. The van der Waals surface area contributed by atoms with Crippen LogP contribution in [0.25, 0.3) is 16.2 Å². The summed E-state index contributed by atoms with van der Waals surface area (Å²) in [6, 6.07) is 10.0. The number of aromatic nitrogens is 3. The van der Waals surface area contributed by atoms with Gasteiger partial charge in [0, 0.05) is 30.4 Å². The Kier molecular flexibility index (Phi) is 4.45. The third kappa shape index (κ3) is 3.33. The van der Waals surface area contributed by atoms with Gasteiger partial charge in [0.15, 0.2) is 4.96 Å². The summed E-state index contributed by atoms with van der Waals surface area (Å²) in [4.78, 5) is 24.2. The molecular weight excluding hydrogens is 363 g/mol. The Morgan fingerprint density at radius 1 is 1.26 bits per heavy atom. The molecule has 27 heavy (non-hydrogen) atoms. The second-order valence-corrected chi connectivity index (χ2v) is 7.17. The van der Waals surface area contributed by atoms with Crippen LogP contribution in [-0.4, -0.2) is 32.2 Å². The summed E-state index contributed by atoms with van der Waals surface area (Å²) in [7, 11) is 1.76. The van der Waals surface area contributed by atoms with Crippen LogP contribution in [0.15, 0.2) is 54.2 Å². The average molecular weight is 380 g/mol. The predicted molar refractivity (Wildman–Crippen MR) is 103 cm³/mol. The van der Waals surface area contributed by atoms with E-state index in [0.717, 1.165) is 21.8 Å². The van der Waals surface area contributed by atoms with Crippen molar-refractivity contribution in [1.29, 1.82) is 0 Å². The molecule has 0 saturated carbocycles. The molecule has 5 nitrogen and oxygen atoms in total. The molecule has 1 amide bonds. The number of amides is 1. The lowest BCUT2D eigenvalue weighted by Gasteiger charge is -2.17. The molecule has 0 spiro atoms. The van der Waals surface area contributed by atoms with Crippen molar-refractivity contribution in [1.82, 2.24) is 19.3 Å². The third-order valence-corrected chi connectivity index (χ3v) is 5.26. The van der Waals surface area contributed by atoms with Crippen molar-refractivity contribution in [3.05, 3.63) is 76.9 Å². The predicted octanol–water partition coefficient (Wildman–Crippen LogP) is 4.18. The van der Waals surface area contributed by atoms with Crippen LogP contribution in [0.5, 0.6) is 0 Å². The van der Waals surface area contributed by atoms with Gasteiger partial charge >= 0.3 is 0 Å². The van der Waals surface area contributed by atoms with Gasteiger partial charge in [-0.15, -0.1) is 11.3 Å². The van der Waals surface area contributed by atoms with Crippen LogP contribution in [0, 0.1) is 12.7 Å². The first kappa shape index (κ1) is 17.4. The zero-order chi connectivity index (χ0) is 19.0. The summed E-state index contributed by atoms with van der Waals surface area (Å²) >= 11 is 1.40. The first-order chi connectivity index (χ1) is 13.0. The number of imidazole rings is 1. The van der Waals surface area contributed by atoms with Crippen LogP contribution in [0.3, 0.4) is 0 Å². The number of hydrogen-bond acceptors (Lipinski definition) is 4. The van der Waals surface area contributed by atoms with Gasteiger partial charge in [-0.1, -0.05) is 6.07 Å². The Balaban J connectivity index is 1.62. The number of pyridine rings is 1. The van der Waals surface area contributed by atoms with Crippen LogP contribution in [0.4, 0.5) is 4.39 Å². The first-order valence-electron chi connectivity index (χ1n) is 8.41. The molecule has 136 valence electrons. The zero-order valence-corrected chi connectivity index (χ0v) is 15.7. The third-order valence-electron chi connectivity index (χ3n) is 4.42. The first-order valence-corrected chi connectivity index (χ1v) is 9.29. The maximum absolute atomic E-state index is 13.1. The van der Waals surface area contributed by atoms with Crippen molar-refractivity contribution in [2.45, 2.75) is 13.5 Å². The van der Waals surface area contributed by atoms with E-state index >= 15 is 0 Å². The van der Waals surface area contributed by atoms with E-state index in [1.165, 1.54) is 23.5 Å². The lowest BCUT2D eigenvalue weighted by Crippen LogP contribution is -2.27. The zero-order valence-electron chi connectivity index (χ0n) is 14.9. The van der Waals surface area contributed by atoms with Gasteiger partial charge in [-0.25, -0.2) is 9.37 Å². The van der Waals surface area contributed by atoms with Gasteiger partial charge in [-0.2, -0.15) is 0 Å². The monoisotopic (exact) mass is 380 g/mol. The molecule has 0 aliphatic heterocycles. The van der Waals surface area contributed by atoms with Gasteiger partial charge in [-0.05, 0) is 42.8 Å². The molecule has 0 atom stereocenters. The number of nitrogens with zero attached hydrogens (tertiary/aromatic N) is 4. The number of fused-ring (bicyclic) bond motifs is 1. The van der Waals surface area contributed by atoms with Gasteiger partial charge in [0.25, 0.3) is 5.91 Å². The minimum atomic E-state index is -0.290. The van der Waals surface area contributed by atoms with Crippen LogP contribution >= 0.6 is 11.3 Å². The summed E-state index contributed by atoms with van der Waals surface area (Å²) in [6.07, 6.45) is 3.54. The fraction of sp³-hybridized carbons (Fsp3) is 0.150. The summed E-state index contributed by atoms with van der Waals surface area (Å²) in [6.45, 7) is 2.41. The van der Waals surface area contributed by atoms with E-state index in [2.05, 4.69) is 9.97 Å². The second kappa shape index (κ2) is 6.92. The molecule has 0 N–H and O–H groups in total. The molecule has 3 heterocycles. The highest BCUT2D eigenvalue weighted by atomic mass is 32.1. The lowest BCUT2D eigenvalue weighted by atomic mass is 10.2. The van der Waals surface area contributed by atoms with Crippen molar-refractivity contribution >= 4 is 22.2 Å². The Morgan fingerprint density at radius 3 is 2.78 bits per heavy atom. The number of halogens is 1. The maximum Gasteiger partial charge on any atom is 0.271 e. The number of hydrogen-bond donors (Lipinski definition) is 0. The largest absolute Gasteiger partial charge is 0.334 e. The molecule has 4 rings (SSSR count). The van der Waals surface area contributed by atoms with Gasteiger partial charge < -0.3 is 4.90 Å². The van der Waals surface area contributed by atoms with Crippen molar-refractivity contribution in [3.8, 4) is 11.3 Å². The van der Waals surface area contributed by atoms with Crippen molar-refractivity contribution in [2.75, 3.05) is 7.05 Å². The average Bonchev–Trinajstić information content (AvgIpc) is 3.24. The second-order valence-electron chi connectivity index (χ2n) is 6.33. The molecule has 0 aliphatic rings. The lowest BCUT2D eigenvalue weighted by molar-refractivity contribution is 0.0776. The van der Waals surface area contributed by atoms with E-state index in [1.54, 1.807) is 40.1 Å². The van der Waals surface area contributed by atoms with Crippen molar-refractivity contribution in [3.63, 3.8) is 0 Å². The number of rotatable bonds is 4. The minimum absolute atomic E-state index is 0.102. The molecule has 7 heteroatoms.